The highest BCUT2D eigenvalue weighted by Gasteiger charge is 2.29. The number of likely N-dealkylation sites (tertiary alicyclic amines) is 1. The number of carboxylic acids is 1. The lowest BCUT2D eigenvalue weighted by molar-refractivity contribution is -0.144. The second-order valence-corrected chi connectivity index (χ2v) is 5.50. The van der Waals surface area contributed by atoms with E-state index in [4.69, 9.17) is 16.7 Å². The van der Waals surface area contributed by atoms with Gasteiger partial charge in [0.05, 0.1) is 10.9 Å². The normalized spacial score (nSPS) is 24.4. The van der Waals surface area contributed by atoms with Crippen LogP contribution in [0.5, 0.6) is 0 Å². The lowest BCUT2D eigenvalue weighted by Crippen LogP contribution is -2.42. The average molecular weight is 286 g/mol. The molecule has 0 radical (unpaired) electrons. The highest BCUT2D eigenvalue weighted by molar-refractivity contribution is 6.30. The summed E-state index contributed by atoms with van der Waals surface area (Å²) in [6.07, 6.45) is 1.22. The van der Waals surface area contributed by atoms with Crippen molar-refractivity contribution >= 4 is 17.6 Å². The van der Waals surface area contributed by atoms with Gasteiger partial charge in [-0.2, -0.15) is 0 Å². The molecule has 1 aromatic rings. The van der Waals surface area contributed by atoms with Crippen molar-refractivity contribution in [3.8, 4) is 0 Å². The maximum atomic E-state index is 13.8. The standard InChI is InChI=1S/C14H17ClFNO2/c1-9-7-10(14(18)19)5-6-17(9)8-11-3-2-4-12(15)13(11)16/h2-4,9-10H,5-8H2,1H3,(H,18,19)/t9?,10-/m1/s1. The Labute approximate surface area is 117 Å². The number of nitrogens with zero attached hydrogens (tertiary/aromatic N) is 1. The van der Waals surface area contributed by atoms with Gasteiger partial charge in [-0.15, -0.1) is 0 Å². The summed E-state index contributed by atoms with van der Waals surface area (Å²) in [6, 6.07) is 5.11. The molecule has 5 heteroatoms. The molecule has 19 heavy (non-hydrogen) atoms. The van der Waals surface area contributed by atoms with Crippen molar-refractivity contribution in [2.75, 3.05) is 6.54 Å². The largest absolute Gasteiger partial charge is 0.481 e. The molecule has 0 spiro atoms. The van der Waals surface area contributed by atoms with Crippen LogP contribution in [0.3, 0.4) is 0 Å². The molecule has 1 fully saturated rings. The summed E-state index contributed by atoms with van der Waals surface area (Å²) in [6.45, 7) is 3.13. The van der Waals surface area contributed by atoms with Crippen LogP contribution in [-0.2, 0) is 11.3 Å². The number of benzene rings is 1. The maximum Gasteiger partial charge on any atom is 0.306 e. The van der Waals surface area contributed by atoms with E-state index in [2.05, 4.69) is 4.90 Å². The van der Waals surface area contributed by atoms with Crippen LogP contribution in [0.4, 0.5) is 4.39 Å². The van der Waals surface area contributed by atoms with E-state index in [1.54, 1.807) is 12.1 Å². The molecule has 0 bridgehead atoms. The molecule has 0 aliphatic carbocycles. The Morgan fingerprint density at radius 1 is 1.58 bits per heavy atom. The van der Waals surface area contributed by atoms with Crippen molar-refractivity contribution in [1.82, 2.24) is 4.90 Å². The van der Waals surface area contributed by atoms with Crippen LogP contribution in [0.25, 0.3) is 0 Å². The highest BCUT2D eigenvalue weighted by Crippen LogP contribution is 2.26. The van der Waals surface area contributed by atoms with Crippen LogP contribution < -0.4 is 0 Å². The number of rotatable bonds is 3. The number of carboxylic acid groups (broad SMARTS) is 1. The first kappa shape index (κ1) is 14.3. The van der Waals surface area contributed by atoms with Gasteiger partial charge >= 0.3 is 5.97 Å². The maximum absolute atomic E-state index is 13.8. The van der Waals surface area contributed by atoms with Gasteiger partial charge in [0.25, 0.3) is 0 Å². The molecule has 0 aromatic heterocycles. The van der Waals surface area contributed by atoms with Gasteiger partial charge in [0.15, 0.2) is 0 Å². The number of aliphatic carboxylic acids is 1. The second-order valence-electron chi connectivity index (χ2n) is 5.09. The molecule has 0 amide bonds. The first-order chi connectivity index (χ1) is 8.99. The molecule has 1 saturated heterocycles. The fraction of sp³-hybridized carbons (Fsp3) is 0.500. The fourth-order valence-electron chi connectivity index (χ4n) is 2.57. The van der Waals surface area contributed by atoms with Crippen molar-refractivity contribution in [1.29, 1.82) is 0 Å². The third-order valence-corrected chi connectivity index (χ3v) is 4.06. The Balaban J connectivity index is 2.04. The lowest BCUT2D eigenvalue weighted by Gasteiger charge is -2.36. The highest BCUT2D eigenvalue weighted by atomic mass is 35.5. The fourth-order valence-corrected chi connectivity index (χ4v) is 2.76. The van der Waals surface area contributed by atoms with Crippen LogP contribution in [0, 0.1) is 11.7 Å². The van der Waals surface area contributed by atoms with E-state index in [-0.39, 0.29) is 22.8 Å². The van der Waals surface area contributed by atoms with E-state index in [1.165, 1.54) is 6.07 Å². The van der Waals surface area contributed by atoms with E-state index in [9.17, 15) is 9.18 Å². The smallest absolute Gasteiger partial charge is 0.306 e. The Morgan fingerprint density at radius 3 is 2.95 bits per heavy atom. The van der Waals surface area contributed by atoms with Crippen LogP contribution in [-0.4, -0.2) is 28.6 Å². The van der Waals surface area contributed by atoms with E-state index >= 15 is 0 Å². The summed E-state index contributed by atoms with van der Waals surface area (Å²) >= 11 is 5.76. The summed E-state index contributed by atoms with van der Waals surface area (Å²) in [5.74, 6) is -1.40. The summed E-state index contributed by atoms with van der Waals surface area (Å²) in [7, 11) is 0. The molecule has 104 valence electrons. The molecule has 1 aliphatic rings. The van der Waals surface area contributed by atoms with Crippen molar-refractivity contribution in [3.05, 3.63) is 34.6 Å². The first-order valence-electron chi connectivity index (χ1n) is 6.38. The quantitative estimate of drug-likeness (QED) is 0.927. The number of hydrogen-bond donors (Lipinski definition) is 1. The SMILES string of the molecule is CC1C[C@H](C(=O)O)CCN1Cc1cccc(Cl)c1F. The van der Waals surface area contributed by atoms with Crippen molar-refractivity contribution < 1.29 is 14.3 Å². The molecule has 1 aliphatic heterocycles. The van der Waals surface area contributed by atoms with Crippen molar-refractivity contribution in [3.63, 3.8) is 0 Å². The van der Waals surface area contributed by atoms with Crippen LogP contribution >= 0.6 is 11.6 Å². The third-order valence-electron chi connectivity index (χ3n) is 3.77. The predicted octanol–water partition coefficient (Wildman–Crippen LogP) is 3.16. The van der Waals surface area contributed by atoms with E-state index in [1.807, 2.05) is 6.92 Å². The molecule has 3 nitrogen and oxygen atoms in total. The van der Waals surface area contributed by atoms with Gasteiger partial charge in [-0.1, -0.05) is 23.7 Å². The van der Waals surface area contributed by atoms with Gasteiger partial charge in [0, 0.05) is 18.2 Å². The minimum atomic E-state index is -0.736. The minimum absolute atomic E-state index is 0.130. The van der Waals surface area contributed by atoms with E-state index in [0.717, 1.165) is 0 Å². The zero-order chi connectivity index (χ0) is 14.0. The molecule has 0 saturated carbocycles. The van der Waals surface area contributed by atoms with E-state index < -0.39 is 5.97 Å². The number of halogens is 2. The topological polar surface area (TPSA) is 40.5 Å². The van der Waals surface area contributed by atoms with Crippen LogP contribution in [0.15, 0.2) is 18.2 Å². The second kappa shape index (κ2) is 5.88. The molecule has 1 heterocycles. The molecule has 1 N–H and O–H groups in total. The zero-order valence-corrected chi connectivity index (χ0v) is 11.5. The number of carbonyl (C=O) groups is 1. The molecular weight excluding hydrogens is 269 g/mol. The summed E-state index contributed by atoms with van der Waals surface area (Å²) in [5.41, 5.74) is 0.563. The first-order valence-corrected chi connectivity index (χ1v) is 6.76. The molecule has 2 atom stereocenters. The summed E-state index contributed by atoms with van der Waals surface area (Å²) in [5, 5.41) is 9.15. The Morgan fingerprint density at radius 2 is 2.32 bits per heavy atom. The molecule has 1 unspecified atom stereocenters. The van der Waals surface area contributed by atoms with Gasteiger partial charge < -0.3 is 5.11 Å². The van der Waals surface area contributed by atoms with Gasteiger partial charge in [0.1, 0.15) is 5.82 Å². The summed E-state index contributed by atoms with van der Waals surface area (Å²) < 4.78 is 13.8. The van der Waals surface area contributed by atoms with Gasteiger partial charge in [-0.05, 0) is 32.4 Å². The average Bonchev–Trinajstić information content (AvgIpc) is 2.37. The molecule has 2 rings (SSSR count). The van der Waals surface area contributed by atoms with Crippen molar-refractivity contribution in [2.45, 2.75) is 32.4 Å². The third kappa shape index (κ3) is 3.25. The predicted molar refractivity (Wildman–Crippen MR) is 71.6 cm³/mol. The number of hydrogen-bond acceptors (Lipinski definition) is 2. The van der Waals surface area contributed by atoms with Gasteiger partial charge in [-0.25, -0.2) is 4.39 Å². The molecular formula is C14H17ClFNO2. The minimum Gasteiger partial charge on any atom is -0.481 e. The lowest BCUT2D eigenvalue weighted by atomic mass is 9.91. The van der Waals surface area contributed by atoms with Gasteiger partial charge in [0.2, 0.25) is 0 Å². The Bertz CT molecular complexity index is 481. The van der Waals surface area contributed by atoms with Crippen LogP contribution in [0.1, 0.15) is 25.3 Å². The van der Waals surface area contributed by atoms with E-state index in [0.29, 0.717) is 31.5 Å². The Kier molecular flexibility index (Phi) is 4.42. The zero-order valence-electron chi connectivity index (χ0n) is 10.8. The van der Waals surface area contributed by atoms with Crippen molar-refractivity contribution in [2.24, 2.45) is 5.92 Å². The summed E-state index contributed by atoms with van der Waals surface area (Å²) in [4.78, 5) is 13.1. The van der Waals surface area contributed by atoms with Gasteiger partial charge in [-0.3, -0.25) is 9.69 Å². The molecule has 1 aromatic carbocycles. The monoisotopic (exact) mass is 285 g/mol. The number of piperidine rings is 1. The van der Waals surface area contributed by atoms with Crippen LogP contribution in [0.2, 0.25) is 5.02 Å². The Hall–Kier alpha value is -1.13.